The molecule has 0 radical (unpaired) electrons. The van der Waals surface area contributed by atoms with Crippen LogP contribution in [-0.4, -0.2) is 58.3 Å². The summed E-state index contributed by atoms with van der Waals surface area (Å²) in [5.41, 5.74) is 0.759. The highest BCUT2D eigenvalue weighted by Gasteiger charge is 2.41. The number of β-amino-alcohol motifs (C(OH)–C–C–N with tert-alkyl or cyclic N) is 1. The molecule has 6 heteroatoms. The van der Waals surface area contributed by atoms with Gasteiger partial charge in [-0.05, 0) is 69.0 Å². The van der Waals surface area contributed by atoms with Crippen LogP contribution in [0.1, 0.15) is 52.9 Å². The SMILES string of the molecule is CC(C)(C)NC(=O)[C@@H]1C[C@@H]2CCCC[C@@H]2CN1C[C@@H](O)COc1ccc2cc[nH]c2c1. The zero-order valence-electron chi connectivity index (χ0n) is 19.1. The smallest absolute Gasteiger partial charge is 0.237 e. The van der Waals surface area contributed by atoms with Crippen LogP contribution in [-0.2, 0) is 4.79 Å². The third-order valence-electron chi connectivity index (χ3n) is 6.72. The molecule has 2 aromatic rings. The molecule has 31 heavy (non-hydrogen) atoms. The van der Waals surface area contributed by atoms with Crippen LogP contribution in [0.2, 0.25) is 0 Å². The Morgan fingerprint density at radius 3 is 2.81 bits per heavy atom. The van der Waals surface area contributed by atoms with Crippen molar-refractivity contribution < 1.29 is 14.6 Å². The largest absolute Gasteiger partial charge is 0.491 e. The van der Waals surface area contributed by atoms with Gasteiger partial charge in [0.25, 0.3) is 0 Å². The topological polar surface area (TPSA) is 77.6 Å². The summed E-state index contributed by atoms with van der Waals surface area (Å²) >= 11 is 0. The van der Waals surface area contributed by atoms with Crippen molar-refractivity contribution in [2.45, 2.75) is 70.6 Å². The van der Waals surface area contributed by atoms with E-state index in [0.717, 1.165) is 29.6 Å². The lowest BCUT2D eigenvalue weighted by Crippen LogP contribution is -2.59. The summed E-state index contributed by atoms with van der Waals surface area (Å²) in [5, 5.41) is 15.1. The van der Waals surface area contributed by atoms with E-state index < -0.39 is 6.10 Å². The second-order valence-corrected chi connectivity index (χ2v) is 10.4. The van der Waals surface area contributed by atoms with Crippen LogP contribution in [0.15, 0.2) is 30.5 Å². The molecule has 0 bridgehead atoms. The summed E-state index contributed by atoms with van der Waals surface area (Å²) in [6.07, 6.45) is 7.16. The number of hydrogen-bond donors (Lipinski definition) is 3. The number of piperidine rings is 1. The molecule has 2 fully saturated rings. The van der Waals surface area contributed by atoms with E-state index in [4.69, 9.17) is 4.74 Å². The van der Waals surface area contributed by atoms with E-state index >= 15 is 0 Å². The fourth-order valence-electron chi connectivity index (χ4n) is 5.26. The number of aliphatic hydroxyl groups is 1. The van der Waals surface area contributed by atoms with Gasteiger partial charge in [0.15, 0.2) is 0 Å². The molecule has 0 unspecified atom stereocenters. The molecule has 4 atom stereocenters. The van der Waals surface area contributed by atoms with Crippen molar-refractivity contribution in [3.63, 3.8) is 0 Å². The van der Waals surface area contributed by atoms with Crippen LogP contribution < -0.4 is 10.1 Å². The number of aliphatic hydroxyl groups excluding tert-OH is 1. The second-order valence-electron chi connectivity index (χ2n) is 10.4. The number of ether oxygens (including phenoxy) is 1. The summed E-state index contributed by atoms with van der Waals surface area (Å²) in [6, 6.07) is 7.73. The van der Waals surface area contributed by atoms with E-state index in [1.165, 1.54) is 25.7 Å². The number of aromatic nitrogens is 1. The molecule has 1 saturated carbocycles. The van der Waals surface area contributed by atoms with Crippen molar-refractivity contribution >= 4 is 16.8 Å². The van der Waals surface area contributed by atoms with Crippen LogP contribution >= 0.6 is 0 Å². The third-order valence-corrected chi connectivity index (χ3v) is 6.72. The van der Waals surface area contributed by atoms with E-state index in [9.17, 15) is 9.90 Å². The van der Waals surface area contributed by atoms with Gasteiger partial charge >= 0.3 is 0 Å². The Balaban J connectivity index is 1.39. The number of fused-ring (bicyclic) bond motifs is 2. The van der Waals surface area contributed by atoms with Crippen molar-refractivity contribution in [1.82, 2.24) is 15.2 Å². The van der Waals surface area contributed by atoms with E-state index in [-0.39, 0.29) is 24.1 Å². The summed E-state index contributed by atoms with van der Waals surface area (Å²) in [6.45, 7) is 7.61. The number of nitrogens with one attached hydrogen (secondary N) is 2. The number of nitrogens with zero attached hydrogens (tertiary/aromatic N) is 1. The Kier molecular flexibility index (Phi) is 6.58. The molecule has 1 aromatic carbocycles. The maximum atomic E-state index is 13.1. The molecule has 1 aliphatic heterocycles. The molecular weight excluding hydrogens is 390 g/mol. The first-order valence-electron chi connectivity index (χ1n) is 11.7. The molecular formula is C25H37N3O3. The molecule has 1 amide bonds. The predicted octanol–water partition coefficient (Wildman–Crippen LogP) is 3.70. The van der Waals surface area contributed by atoms with Crippen LogP contribution in [0, 0.1) is 11.8 Å². The van der Waals surface area contributed by atoms with Gasteiger partial charge in [-0.1, -0.05) is 19.3 Å². The molecule has 1 saturated heterocycles. The Morgan fingerprint density at radius 1 is 1.26 bits per heavy atom. The lowest BCUT2D eigenvalue weighted by atomic mass is 9.72. The van der Waals surface area contributed by atoms with Crippen molar-refractivity contribution in [2.24, 2.45) is 11.8 Å². The number of benzene rings is 1. The first kappa shape index (κ1) is 22.2. The first-order chi connectivity index (χ1) is 14.8. The highest BCUT2D eigenvalue weighted by atomic mass is 16.5. The summed E-state index contributed by atoms with van der Waals surface area (Å²) < 4.78 is 5.87. The van der Waals surface area contributed by atoms with Crippen LogP contribution in [0.3, 0.4) is 0 Å². The minimum Gasteiger partial charge on any atom is -0.491 e. The highest BCUT2D eigenvalue weighted by Crippen LogP contribution is 2.38. The van der Waals surface area contributed by atoms with Crippen molar-refractivity contribution in [1.29, 1.82) is 0 Å². The Hall–Kier alpha value is -2.05. The molecule has 6 nitrogen and oxygen atoms in total. The monoisotopic (exact) mass is 427 g/mol. The number of H-pyrrole nitrogens is 1. The second kappa shape index (κ2) is 9.21. The minimum absolute atomic E-state index is 0.0850. The van der Waals surface area contributed by atoms with Gasteiger partial charge < -0.3 is 20.1 Å². The Bertz CT molecular complexity index is 888. The maximum Gasteiger partial charge on any atom is 0.237 e. The predicted molar refractivity (Wildman–Crippen MR) is 123 cm³/mol. The quantitative estimate of drug-likeness (QED) is 0.657. The van der Waals surface area contributed by atoms with Crippen LogP contribution in [0.25, 0.3) is 10.9 Å². The lowest BCUT2D eigenvalue weighted by molar-refractivity contribution is -0.132. The standard InChI is InChI=1S/C25H37N3O3/c1-25(2,3)27-24(30)23-12-18-6-4-5-7-19(18)14-28(23)15-20(29)16-31-21-9-8-17-10-11-26-22(17)13-21/h8-11,13,18-20,23,26,29H,4-7,12,14-16H2,1-3H3,(H,27,30)/t18-,19+,20+,23-/m0/s1. The van der Waals surface area contributed by atoms with Crippen LogP contribution in [0.5, 0.6) is 5.75 Å². The fraction of sp³-hybridized carbons (Fsp3) is 0.640. The first-order valence-corrected chi connectivity index (χ1v) is 11.7. The average molecular weight is 428 g/mol. The minimum atomic E-state index is -0.649. The normalized spacial score (nSPS) is 25.7. The Labute approximate surface area is 185 Å². The molecule has 2 heterocycles. The average Bonchev–Trinajstić information content (AvgIpc) is 3.18. The summed E-state index contributed by atoms with van der Waals surface area (Å²) in [7, 11) is 0. The highest BCUT2D eigenvalue weighted by molar-refractivity contribution is 5.82. The maximum absolute atomic E-state index is 13.1. The molecule has 3 N–H and O–H groups in total. The van der Waals surface area contributed by atoms with Gasteiger partial charge in [-0.3, -0.25) is 9.69 Å². The van der Waals surface area contributed by atoms with Gasteiger partial charge in [-0.25, -0.2) is 0 Å². The Morgan fingerprint density at radius 2 is 2.03 bits per heavy atom. The van der Waals surface area contributed by atoms with Gasteiger partial charge in [0.1, 0.15) is 18.5 Å². The van der Waals surface area contributed by atoms with Gasteiger partial charge in [0.2, 0.25) is 5.91 Å². The number of hydrogen-bond acceptors (Lipinski definition) is 4. The van der Waals surface area contributed by atoms with Crippen molar-refractivity contribution in [3.05, 3.63) is 30.5 Å². The van der Waals surface area contributed by atoms with Crippen molar-refractivity contribution in [3.8, 4) is 5.75 Å². The molecule has 4 rings (SSSR count). The van der Waals surface area contributed by atoms with E-state index in [2.05, 4.69) is 15.2 Å². The molecule has 170 valence electrons. The third kappa shape index (κ3) is 5.60. The van der Waals surface area contributed by atoms with Gasteiger partial charge in [-0.15, -0.1) is 0 Å². The summed E-state index contributed by atoms with van der Waals surface area (Å²) in [5.74, 6) is 2.08. The van der Waals surface area contributed by atoms with Crippen LogP contribution in [0.4, 0.5) is 0 Å². The number of aromatic amines is 1. The van der Waals surface area contributed by atoms with Gasteiger partial charge in [-0.2, -0.15) is 0 Å². The van der Waals surface area contributed by atoms with Crippen molar-refractivity contribution in [2.75, 3.05) is 19.7 Å². The van der Waals surface area contributed by atoms with E-state index in [1.54, 1.807) is 0 Å². The number of amides is 1. The van der Waals surface area contributed by atoms with E-state index in [1.807, 2.05) is 51.2 Å². The zero-order valence-corrected chi connectivity index (χ0v) is 19.1. The van der Waals surface area contributed by atoms with Gasteiger partial charge in [0, 0.05) is 36.4 Å². The number of carbonyl (C=O) groups is 1. The molecule has 0 spiro atoms. The molecule has 1 aliphatic carbocycles. The number of carbonyl (C=O) groups excluding carboxylic acids is 1. The molecule has 1 aromatic heterocycles. The fourth-order valence-corrected chi connectivity index (χ4v) is 5.26. The van der Waals surface area contributed by atoms with E-state index in [0.29, 0.717) is 18.4 Å². The lowest BCUT2D eigenvalue weighted by Gasteiger charge is -2.46. The summed E-state index contributed by atoms with van der Waals surface area (Å²) in [4.78, 5) is 18.5. The van der Waals surface area contributed by atoms with Gasteiger partial charge in [0.05, 0.1) is 6.04 Å². The number of likely N-dealkylation sites (tertiary alicyclic amines) is 1. The number of rotatable bonds is 6. The molecule has 2 aliphatic rings. The zero-order chi connectivity index (χ0) is 22.0.